The third-order valence-corrected chi connectivity index (χ3v) is 4.04. The summed E-state index contributed by atoms with van der Waals surface area (Å²) in [6, 6.07) is 12.7. The number of phenolic OH excluding ortho intramolecular Hbond substituents is 1. The van der Waals surface area contributed by atoms with Crippen molar-refractivity contribution in [3.8, 4) is 5.75 Å². The average Bonchev–Trinajstić information content (AvgIpc) is 2.76. The van der Waals surface area contributed by atoms with Gasteiger partial charge in [0.15, 0.2) is 0 Å². The molecule has 0 amide bonds. The van der Waals surface area contributed by atoms with E-state index >= 15 is 0 Å². The van der Waals surface area contributed by atoms with E-state index in [-0.39, 0.29) is 12.2 Å². The number of carboxylic acid groups (broad SMARTS) is 4. The van der Waals surface area contributed by atoms with Crippen molar-refractivity contribution in [3.63, 3.8) is 0 Å². The zero-order valence-electron chi connectivity index (χ0n) is 18.2. The maximum absolute atomic E-state index is 10.4. The van der Waals surface area contributed by atoms with Gasteiger partial charge >= 0.3 is 23.9 Å². The first kappa shape index (κ1) is 30.0. The highest BCUT2D eigenvalue weighted by Gasteiger charge is 2.14. The first-order chi connectivity index (χ1) is 15.8. The molecule has 0 saturated heterocycles. The number of nitrogens with two attached hydrogens (primary N) is 3. The maximum atomic E-state index is 10.4. The summed E-state index contributed by atoms with van der Waals surface area (Å²) in [5.41, 5.74) is 17.3. The molecule has 34 heavy (non-hydrogen) atoms. The van der Waals surface area contributed by atoms with Crippen molar-refractivity contribution in [2.75, 3.05) is 0 Å². The SMILES string of the molecule is NC(CC(=O)O)C(=O)O.NC(Cc1ccc(O)cc1)C(=O)O.NC(Cc1ccccc1)C(=O)O. The fourth-order valence-electron chi connectivity index (χ4n) is 2.20. The van der Waals surface area contributed by atoms with Crippen molar-refractivity contribution in [2.45, 2.75) is 37.4 Å². The van der Waals surface area contributed by atoms with Crippen molar-refractivity contribution >= 4 is 23.9 Å². The second-order valence-electron chi connectivity index (χ2n) is 6.99. The summed E-state index contributed by atoms with van der Waals surface area (Å²) >= 11 is 0. The van der Waals surface area contributed by atoms with E-state index in [4.69, 9.17) is 42.7 Å². The zero-order valence-corrected chi connectivity index (χ0v) is 18.2. The topological polar surface area (TPSA) is 247 Å². The highest BCUT2D eigenvalue weighted by Crippen LogP contribution is 2.10. The lowest BCUT2D eigenvalue weighted by molar-refractivity contribution is -0.144. The van der Waals surface area contributed by atoms with Gasteiger partial charge in [-0.05, 0) is 36.1 Å². The minimum Gasteiger partial charge on any atom is -0.508 e. The number of rotatable bonds is 9. The Morgan fingerprint density at radius 1 is 0.618 bits per heavy atom. The summed E-state index contributed by atoms with van der Waals surface area (Å²) in [5, 5.41) is 42.0. The Hall–Kier alpha value is -4.00. The molecule has 2 aromatic rings. The van der Waals surface area contributed by atoms with E-state index in [1.54, 1.807) is 12.1 Å². The van der Waals surface area contributed by atoms with Gasteiger partial charge in [-0.3, -0.25) is 19.2 Å². The Balaban J connectivity index is 0.000000490. The van der Waals surface area contributed by atoms with E-state index in [0.29, 0.717) is 6.42 Å². The number of benzene rings is 2. The molecule has 0 aliphatic heterocycles. The van der Waals surface area contributed by atoms with Gasteiger partial charge < -0.3 is 42.7 Å². The average molecular weight is 479 g/mol. The first-order valence-corrected chi connectivity index (χ1v) is 9.82. The Labute approximate surface area is 195 Å². The van der Waals surface area contributed by atoms with Crippen LogP contribution in [0.1, 0.15) is 17.5 Å². The molecular weight excluding hydrogens is 450 g/mol. The number of aromatic hydroxyl groups is 1. The minimum atomic E-state index is -1.29. The highest BCUT2D eigenvalue weighted by molar-refractivity contribution is 5.80. The van der Waals surface area contributed by atoms with Crippen molar-refractivity contribution in [3.05, 3.63) is 65.7 Å². The number of carboxylic acids is 4. The largest absolute Gasteiger partial charge is 0.508 e. The molecule has 186 valence electrons. The third-order valence-electron chi connectivity index (χ3n) is 4.04. The molecule has 0 saturated carbocycles. The van der Waals surface area contributed by atoms with E-state index in [0.717, 1.165) is 11.1 Å². The molecule has 2 aromatic carbocycles. The smallest absolute Gasteiger partial charge is 0.321 e. The third kappa shape index (κ3) is 14.1. The quantitative estimate of drug-likeness (QED) is 0.234. The summed E-state index contributed by atoms with van der Waals surface area (Å²) in [6.07, 6.45) is 0.126. The molecule has 0 aliphatic carbocycles. The molecule has 0 radical (unpaired) electrons. The van der Waals surface area contributed by atoms with E-state index in [1.807, 2.05) is 30.3 Å². The van der Waals surface area contributed by atoms with Crippen LogP contribution in [-0.4, -0.2) is 67.5 Å². The standard InChI is InChI=1S/C9H11NO3.C9H11NO2.C4H7NO4/c10-8(9(12)13)5-6-1-3-7(11)4-2-6;10-8(9(11)12)6-7-4-2-1-3-5-7;5-2(4(8)9)1-3(6)7/h1-4,8,11H,5,10H2,(H,12,13);1-5,8H,6,10H2,(H,11,12);2H,1,5H2,(H,6,7)(H,8,9). The highest BCUT2D eigenvalue weighted by atomic mass is 16.4. The second-order valence-corrected chi connectivity index (χ2v) is 6.99. The van der Waals surface area contributed by atoms with Gasteiger partial charge in [-0.25, -0.2) is 0 Å². The molecule has 0 fully saturated rings. The molecule has 0 aromatic heterocycles. The number of phenols is 1. The van der Waals surface area contributed by atoms with Crippen LogP contribution in [0.25, 0.3) is 0 Å². The van der Waals surface area contributed by atoms with Crippen LogP contribution in [0.4, 0.5) is 0 Å². The molecule has 12 heteroatoms. The van der Waals surface area contributed by atoms with Crippen LogP contribution in [0.3, 0.4) is 0 Å². The van der Waals surface area contributed by atoms with Gasteiger partial charge in [0.2, 0.25) is 0 Å². The van der Waals surface area contributed by atoms with Crippen molar-refractivity contribution in [2.24, 2.45) is 17.2 Å². The second kappa shape index (κ2) is 15.7. The van der Waals surface area contributed by atoms with Crippen LogP contribution < -0.4 is 17.2 Å². The van der Waals surface area contributed by atoms with E-state index in [9.17, 15) is 19.2 Å². The lowest BCUT2D eigenvalue weighted by atomic mass is 10.1. The van der Waals surface area contributed by atoms with Crippen molar-refractivity contribution < 1.29 is 44.7 Å². The summed E-state index contributed by atoms with van der Waals surface area (Å²) in [5.74, 6) is -4.32. The minimum absolute atomic E-state index is 0.160. The molecule has 0 bridgehead atoms. The summed E-state index contributed by atoms with van der Waals surface area (Å²) in [6.45, 7) is 0. The Morgan fingerprint density at radius 2 is 1.00 bits per heavy atom. The predicted octanol–water partition coefficient (Wildman–Crippen LogP) is -0.139. The number of carbonyl (C=O) groups is 4. The fourth-order valence-corrected chi connectivity index (χ4v) is 2.20. The molecule has 2 rings (SSSR count). The molecule has 0 aliphatic rings. The number of hydrogen-bond donors (Lipinski definition) is 8. The van der Waals surface area contributed by atoms with Gasteiger partial charge in [-0.15, -0.1) is 0 Å². The van der Waals surface area contributed by atoms with Gasteiger partial charge in [0.1, 0.15) is 23.9 Å². The summed E-state index contributed by atoms with van der Waals surface area (Å²) in [4.78, 5) is 40.4. The summed E-state index contributed by atoms with van der Waals surface area (Å²) < 4.78 is 0. The monoisotopic (exact) mass is 479 g/mol. The predicted molar refractivity (Wildman–Crippen MR) is 121 cm³/mol. The van der Waals surface area contributed by atoms with E-state index in [2.05, 4.69) is 0 Å². The first-order valence-electron chi connectivity index (χ1n) is 9.82. The normalized spacial score (nSPS) is 12.4. The zero-order chi connectivity index (χ0) is 26.3. The van der Waals surface area contributed by atoms with Gasteiger partial charge in [-0.2, -0.15) is 0 Å². The van der Waals surface area contributed by atoms with Crippen LogP contribution >= 0.6 is 0 Å². The van der Waals surface area contributed by atoms with Crippen LogP contribution in [0.5, 0.6) is 5.75 Å². The molecular formula is C22H29N3O9. The van der Waals surface area contributed by atoms with Crippen LogP contribution in [-0.2, 0) is 32.0 Å². The number of aliphatic carboxylic acids is 4. The molecule has 11 N–H and O–H groups in total. The Kier molecular flexibility index (Phi) is 13.9. The molecule has 3 atom stereocenters. The lowest BCUT2D eigenvalue weighted by Crippen LogP contribution is -2.32. The van der Waals surface area contributed by atoms with Crippen molar-refractivity contribution in [1.29, 1.82) is 0 Å². The van der Waals surface area contributed by atoms with Gasteiger partial charge in [0.05, 0.1) is 6.42 Å². The van der Waals surface area contributed by atoms with Crippen LogP contribution in [0, 0.1) is 0 Å². The Bertz CT molecular complexity index is 921. The molecule has 3 unspecified atom stereocenters. The van der Waals surface area contributed by atoms with Gasteiger partial charge in [-0.1, -0.05) is 42.5 Å². The molecule has 12 nitrogen and oxygen atoms in total. The number of hydrogen-bond acceptors (Lipinski definition) is 8. The van der Waals surface area contributed by atoms with Crippen LogP contribution in [0.2, 0.25) is 0 Å². The maximum Gasteiger partial charge on any atom is 0.321 e. The Morgan fingerprint density at radius 3 is 1.32 bits per heavy atom. The lowest BCUT2D eigenvalue weighted by Gasteiger charge is -2.05. The summed E-state index contributed by atoms with van der Waals surface area (Å²) in [7, 11) is 0. The van der Waals surface area contributed by atoms with Crippen LogP contribution in [0.15, 0.2) is 54.6 Å². The molecule has 0 spiro atoms. The van der Waals surface area contributed by atoms with E-state index < -0.39 is 48.4 Å². The van der Waals surface area contributed by atoms with Crippen molar-refractivity contribution in [1.82, 2.24) is 0 Å². The fraction of sp³-hybridized carbons (Fsp3) is 0.273. The molecule has 0 heterocycles. The van der Waals surface area contributed by atoms with E-state index in [1.165, 1.54) is 12.1 Å². The van der Waals surface area contributed by atoms with Gasteiger partial charge in [0.25, 0.3) is 0 Å². The van der Waals surface area contributed by atoms with Gasteiger partial charge in [0, 0.05) is 0 Å².